The molecular weight excluding hydrogens is 343 g/mol. The van der Waals surface area contributed by atoms with Gasteiger partial charge in [0.2, 0.25) is 0 Å². The van der Waals surface area contributed by atoms with Gasteiger partial charge >= 0.3 is 6.61 Å². The van der Waals surface area contributed by atoms with Crippen molar-refractivity contribution in [1.29, 1.82) is 0 Å². The number of hydrogen-bond donors (Lipinski definition) is 1. The van der Waals surface area contributed by atoms with Gasteiger partial charge in [-0.1, -0.05) is 23.7 Å². The maximum absolute atomic E-state index is 13.1. The van der Waals surface area contributed by atoms with E-state index in [4.69, 9.17) is 11.6 Å². The molecule has 0 saturated carbocycles. The van der Waals surface area contributed by atoms with Gasteiger partial charge in [-0.2, -0.15) is 8.78 Å². The largest absolute Gasteiger partial charge is 0.433 e. The van der Waals surface area contributed by atoms with E-state index < -0.39 is 22.5 Å². The molecule has 0 heterocycles. The third-order valence-corrected chi connectivity index (χ3v) is 4.20. The Morgan fingerprint density at radius 3 is 2.45 bits per heavy atom. The van der Waals surface area contributed by atoms with E-state index in [1.54, 1.807) is 0 Å². The van der Waals surface area contributed by atoms with Crippen LogP contribution in [0.2, 0.25) is 5.02 Å². The predicted molar refractivity (Wildman–Crippen MR) is 75.3 cm³/mol. The number of benzene rings is 2. The second-order valence-electron chi connectivity index (χ2n) is 4.06. The van der Waals surface area contributed by atoms with Crippen molar-refractivity contribution < 1.29 is 26.3 Å². The van der Waals surface area contributed by atoms with Crippen molar-refractivity contribution in [3.8, 4) is 5.75 Å². The highest BCUT2D eigenvalue weighted by Crippen LogP contribution is 2.28. The maximum atomic E-state index is 13.1. The smallest absolute Gasteiger partial charge is 0.387 e. The van der Waals surface area contributed by atoms with Gasteiger partial charge in [-0.15, -0.1) is 0 Å². The van der Waals surface area contributed by atoms with Crippen molar-refractivity contribution in [2.24, 2.45) is 0 Å². The molecule has 0 saturated heterocycles. The van der Waals surface area contributed by atoms with Crippen molar-refractivity contribution in [1.82, 2.24) is 0 Å². The van der Waals surface area contributed by atoms with Crippen LogP contribution in [-0.2, 0) is 10.0 Å². The number of para-hydroxylation sites is 2. The van der Waals surface area contributed by atoms with Crippen LogP contribution in [0.5, 0.6) is 5.75 Å². The van der Waals surface area contributed by atoms with Crippen LogP contribution in [0.4, 0.5) is 18.9 Å². The third kappa shape index (κ3) is 3.83. The quantitative estimate of drug-likeness (QED) is 0.889. The molecule has 0 atom stereocenters. The first-order valence-electron chi connectivity index (χ1n) is 5.81. The lowest BCUT2D eigenvalue weighted by Crippen LogP contribution is -2.14. The van der Waals surface area contributed by atoms with Crippen LogP contribution >= 0.6 is 11.6 Å². The Bertz CT molecular complexity index is 784. The van der Waals surface area contributed by atoms with Crippen LogP contribution in [0.1, 0.15) is 0 Å². The highest BCUT2D eigenvalue weighted by Gasteiger charge is 2.19. The normalized spacial score (nSPS) is 11.5. The summed E-state index contributed by atoms with van der Waals surface area (Å²) in [6.45, 7) is -3.11. The predicted octanol–water partition coefficient (Wildman–Crippen LogP) is 3.88. The number of sulfonamides is 1. The van der Waals surface area contributed by atoms with Crippen LogP contribution in [0.15, 0.2) is 47.4 Å². The van der Waals surface area contributed by atoms with Crippen molar-refractivity contribution in [3.05, 3.63) is 53.3 Å². The Morgan fingerprint density at radius 2 is 1.82 bits per heavy atom. The summed E-state index contributed by atoms with van der Waals surface area (Å²) < 4.78 is 68.3. The summed E-state index contributed by atoms with van der Waals surface area (Å²) in [6, 6.07) is 8.08. The van der Waals surface area contributed by atoms with Gasteiger partial charge < -0.3 is 4.74 Å². The summed E-state index contributed by atoms with van der Waals surface area (Å²) in [5.41, 5.74) is -0.178. The zero-order valence-electron chi connectivity index (χ0n) is 10.8. The lowest BCUT2D eigenvalue weighted by molar-refractivity contribution is -0.0493. The lowest BCUT2D eigenvalue weighted by atomic mass is 10.3. The summed E-state index contributed by atoms with van der Waals surface area (Å²) in [4.78, 5) is -0.314. The minimum absolute atomic E-state index is 0.178. The van der Waals surface area contributed by atoms with Crippen LogP contribution in [-0.4, -0.2) is 15.0 Å². The highest BCUT2D eigenvalue weighted by molar-refractivity contribution is 7.92. The van der Waals surface area contributed by atoms with E-state index in [1.807, 2.05) is 0 Å². The number of rotatable bonds is 5. The molecule has 0 bridgehead atoms. The van der Waals surface area contributed by atoms with Crippen LogP contribution in [0.25, 0.3) is 0 Å². The lowest BCUT2D eigenvalue weighted by Gasteiger charge is -2.13. The average Bonchev–Trinajstić information content (AvgIpc) is 2.43. The number of ether oxygens (including phenoxy) is 1. The van der Waals surface area contributed by atoms with Crippen LogP contribution < -0.4 is 9.46 Å². The van der Waals surface area contributed by atoms with Gasteiger partial charge in [0.05, 0.1) is 15.6 Å². The fraction of sp³-hybridized carbons (Fsp3) is 0.0769. The minimum atomic E-state index is -4.14. The Balaban J connectivity index is 2.35. The molecule has 0 aliphatic rings. The van der Waals surface area contributed by atoms with Gasteiger partial charge in [0.1, 0.15) is 11.6 Å². The molecule has 9 heteroatoms. The van der Waals surface area contributed by atoms with Crippen LogP contribution in [0.3, 0.4) is 0 Å². The second-order valence-corrected chi connectivity index (χ2v) is 6.15. The topological polar surface area (TPSA) is 55.4 Å². The first-order valence-corrected chi connectivity index (χ1v) is 7.67. The molecule has 0 aromatic heterocycles. The van der Waals surface area contributed by atoms with Crippen molar-refractivity contribution in [2.75, 3.05) is 4.72 Å². The summed E-state index contributed by atoms with van der Waals surface area (Å²) in [6.07, 6.45) is 0. The fourth-order valence-electron chi connectivity index (χ4n) is 1.60. The van der Waals surface area contributed by atoms with Gasteiger partial charge in [0.15, 0.2) is 0 Å². The fourth-order valence-corrected chi connectivity index (χ4v) is 2.94. The molecule has 4 nitrogen and oxygen atoms in total. The number of nitrogens with one attached hydrogen (secondary N) is 1. The molecule has 0 radical (unpaired) electrons. The summed E-state index contributed by atoms with van der Waals surface area (Å²) in [5.74, 6) is -1.11. The van der Waals surface area contributed by atoms with E-state index in [9.17, 15) is 21.6 Å². The van der Waals surface area contributed by atoms with Crippen LogP contribution in [0, 0.1) is 5.82 Å². The maximum Gasteiger partial charge on any atom is 0.387 e. The molecule has 2 rings (SSSR count). The van der Waals surface area contributed by atoms with E-state index in [2.05, 4.69) is 9.46 Å². The molecule has 0 fully saturated rings. The summed E-state index contributed by atoms with van der Waals surface area (Å²) >= 11 is 5.53. The monoisotopic (exact) mass is 351 g/mol. The number of alkyl halides is 2. The number of halogens is 4. The zero-order valence-corrected chi connectivity index (χ0v) is 12.3. The number of hydrogen-bond acceptors (Lipinski definition) is 3. The molecule has 1 N–H and O–H groups in total. The van der Waals surface area contributed by atoms with Gasteiger partial charge in [0.25, 0.3) is 10.0 Å². The van der Waals surface area contributed by atoms with Gasteiger partial charge in [-0.25, -0.2) is 12.8 Å². The molecule has 0 amide bonds. The average molecular weight is 352 g/mol. The Morgan fingerprint density at radius 1 is 1.14 bits per heavy atom. The van der Waals surface area contributed by atoms with Crippen molar-refractivity contribution >= 4 is 27.3 Å². The minimum Gasteiger partial charge on any atom is -0.433 e. The van der Waals surface area contributed by atoms with E-state index in [0.29, 0.717) is 0 Å². The van der Waals surface area contributed by atoms with E-state index in [1.165, 1.54) is 24.3 Å². The summed E-state index contributed by atoms with van der Waals surface area (Å²) in [5, 5.41) is -0.375. The Labute approximate surface area is 129 Å². The molecule has 0 aliphatic heterocycles. The molecule has 2 aromatic rings. The van der Waals surface area contributed by atoms with E-state index in [0.717, 1.165) is 18.2 Å². The zero-order chi connectivity index (χ0) is 16.3. The van der Waals surface area contributed by atoms with E-state index in [-0.39, 0.29) is 21.4 Å². The molecule has 0 aliphatic carbocycles. The second kappa shape index (κ2) is 6.45. The molecule has 2 aromatic carbocycles. The molecular formula is C13H9ClF3NO3S. The summed E-state index contributed by atoms with van der Waals surface area (Å²) in [7, 11) is -4.14. The van der Waals surface area contributed by atoms with E-state index >= 15 is 0 Å². The SMILES string of the molecule is O=S(=O)(Nc1ccccc1OC(F)F)c1ccc(F)c(Cl)c1. The van der Waals surface area contributed by atoms with Crippen molar-refractivity contribution in [2.45, 2.75) is 11.5 Å². The first-order chi connectivity index (χ1) is 10.3. The number of anilines is 1. The molecule has 0 unspecified atom stereocenters. The van der Waals surface area contributed by atoms with Crippen molar-refractivity contribution in [3.63, 3.8) is 0 Å². The van der Waals surface area contributed by atoms with Gasteiger partial charge in [-0.05, 0) is 30.3 Å². The third-order valence-electron chi connectivity index (χ3n) is 2.55. The first kappa shape index (κ1) is 16.4. The Kier molecular flexibility index (Phi) is 4.82. The molecule has 118 valence electrons. The Hall–Kier alpha value is -1.93. The van der Waals surface area contributed by atoms with Gasteiger partial charge in [-0.3, -0.25) is 4.72 Å². The molecule has 0 spiro atoms. The molecule has 22 heavy (non-hydrogen) atoms. The highest BCUT2D eigenvalue weighted by atomic mass is 35.5. The van der Waals surface area contributed by atoms with Gasteiger partial charge in [0, 0.05) is 0 Å². The standard InChI is InChI=1S/C13H9ClF3NO3S/c14-9-7-8(5-6-10(9)15)22(19,20)18-11-3-1-2-4-12(11)21-13(16)17/h1-7,13,18H.